The Morgan fingerprint density at radius 1 is 1.19 bits per heavy atom. The lowest BCUT2D eigenvalue weighted by atomic mass is 10.1. The normalized spacial score (nSPS) is 10.6. The molecule has 3 heteroatoms. The summed E-state index contributed by atoms with van der Waals surface area (Å²) in [5.41, 5.74) is 2.57. The SMILES string of the molecule is CCCCNCc1ccc(COSC)cc1. The van der Waals surface area contributed by atoms with Crippen LogP contribution in [0.2, 0.25) is 0 Å². The number of hydrogen-bond acceptors (Lipinski definition) is 3. The van der Waals surface area contributed by atoms with E-state index in [9.17, 15) is 0 Å². The van der Waals surface area contributed by atoms with Crippen molar-refractivity contribution in [2.45, 2.75) is 32.9 Å². The molecule has 0 saturated heterocycles. The van der Waals surface area contributed by atoms with Gasteiger partial charge in [-0.1, -0.05) is 37.6 Å². The minimum atomic E-state index is 0.685. The number of rotatable bonds is 8. The average molecular weight is 239 g/mol. The molecule has 0 unspecified atom stereocenters. The van der Waals surface area contributed by atoms with Crippen LogP contribution in [0.25, 0.3) is 0 Å². The topological polar surface area (TPSA) is 21.3 Å². The van der Waals surface area contributed by atoms with E-state index in [1.165, 1.54) is 36.0 Å². The van der Waals surface area contributed by atoms with Crippen molar-refractivity contribution >= 4 is 12.0 Å². The maximum atomic E-state index is 5.27. The Labute approximate surface area is 103 Å². The molecule has 2 nitrogen and oxygen atoms in total. The second-order valence-corrected chi connectivity index (χ2v) is 4.34. The third-order valence-corrected chi connectivity index (χ3v) is 2.76. The summed E-state index contributed by atoms with van der Waals surface area (Å²) in [4.78, 5) is 0. The van der Waals surface area contributed by atoms with Crippen LogP contribution in [0.4, 0.5) is 0 Å². The first kappa shape index (κ1) is 13.6. The van der Waals surface area contributed by atoms with Gasteiger partial charge in [0.05, 0.1) is 6.61 Å². The summed E-state index contributed by atoms with van der Waals surface area (Å²) in [7, 11) is 0. The zero-order valence-electron chi connectivity index (χ0n) is 10.2. The molecule has 1 rings (SSSR count). The van der Waals surface area contributed by atoms with E-state index in [-0.39, 0.29) is 0 Å². The quantitative estimate of drug-likeness (QED) is 0.555. The van der Waals surface area contributed by atoms with Crippen molar-refractivity contribution < 1.29 is 4.18 Å². The highest BCUT2D eigenvalue weighted by atomic mass is 32.2. The zero-order valence-corrected chi connectivity index (χ0v) is 11.0. The Bertz CT molecular complexity index is 274. The molecule has 0 aliphatic rings. The van der Waals surface area contributed by atoms with Crippen LogP contribution in [0.1, 0.15) is 30.9 Å². The van der Waals surface area contributed by atoms with Crippen molar-refractivity contribution in [3.8, 4) is 0 Å². The molecule has 1 N–H and O–H groups in total. The van der Waals surface area contributed by atoms with E-state index in [1.54, 1.807) is 0 Å². The molecule has 16 heavy (non-hydrogen) atoms. The Morgan fingerprint density at radius 3 is 2.50 bits per heavy atom. The van der Waals surface area contributed by atoms with Gasteiger partial charge in [0, 0.05) is 12.8 Å². The Morgan fingerprint density at radius 2 is 1.88 bits per heavy atom. The first-order valence-corrected chi connectivity index (χ1v) is 6.96. The van der Waals surface area contributed by atoms with Crippen LogP contribution in [0.5, 0.6) is 0 Å². The van der Waals surface area contributed by atoms with E-state index in [2.05, 4.69) is 36.5 Å². The molecule has 1 aromatic carbocycles. The molecule has 0 atom stereocenters. The van der Waals surface area contributed by atoms with Gasteiger partial charge in [-0.15, -0.1) is 0 Å². The molecule has 0 amide bonds. The van der Waals surface area contributed by atoms with Crippen LogP contribution >= 0.6 is 12.0 Å². The second kappa shape index (κ2) is 8.62. The highest BCUT2D eigenvalue weighted by Gasteiger charge is 1.95. The second-order valence-electron chi connectivity index (χ2n) is 3.78. The standard InChI is InChI=1S/C13H21NOS/c1-3-4-9-14-10-12-5-7-13(8-6-12)11-15-16-2/h5-8,14H,3-4,9-11H2,1-2H3. The lowest BCUT2D eigenvalue weighted by molar-refractivity contribution is 0.366. The van der Waals surface area contributed by atoms with Gasteiger partial charge in [-0.3, -0.25) is 0 Å². The van der Waals surface area contributed by atoms with Gasteiger partial charge in [0.25, 0.3) is 0 Å². The average Bonchev–Trinajstić information content (AvgIpc) is 2.33. The van der Waals surface area contributed by atoms with Crippen molar-refractivity contribution in [1.82, 2.24) is 5.32 Å². The summed E-state index contributed by atoms with van der Waals surface area (Å²) >= 11 is 1.41. The summed E-state index contributed by atoms with van der Waals surface area (Å²) in [6.45, 7) is 4.96. The number of benzene rings is 1. The molecule has 0 spiro atoms. The van der Waals surface area contributed by atoms with Crippen LogP contribution < -0.4 is 5.32 Å². The predicted octanol–water partition coefficient (Wildman–Crippen LogP) is 3.37. The van der Waals surface area contributed by atoms with E-state index in [0.29, 0.717) is 6.61 Å². The van der Waals surface area contributed by atoms with Crippen molar-refractivity contribution in [2.75, 3.05) is 12.8 Å². The zero-order chi connectivity index (χ0) is 11.6. The van der Waals surface area contributed by atoms with E-state index < -0.39 is 0 Å². The maximum Gasteiger partial charge on any atom is 0.0864 e. The minimum absolute atomic E-state index is 0.685. The fraction of sp³-hybridized carbons (Fsp3) is 0.538. The molecule has 0 aliphatic carbocycles. The van der Waals surface area contributed by atoms with Crippen molar-refractivity contribution in [2.24, 2.45) is 0 Å². The van der Waals surface area contributed by atoms with Crippen LogP contribution in [0, 0.1) is 0 Å². The fourth-order valence-electron chi connectivity index (χ4n) is 1.41. The van der Waals surface area contributed by atoms with Gasteiger partial charge in [-0.05, 0) is 36.1 Å². The van der Waals surface area contributed by atoms with Crippen molar-refractivity contribution in [3.05, 3.63) is 35.4 Å². The van der Waals surface area contributed by atoms with Gasteiger partial charge >= 0.3 is 0 Å². The summed E-state index contributed by atoms with van der Waals surface area (Å²) in [6, 6.07) is 8.59. The molecule has 1 aromatic rings. The molecule has 0 bridgehead atoms. The molecule has 0 aliphatic heterocycles. The van der Waals surface area contributed by atoms with E-state index in [4.69, 9.17) is 4.18 Å². The van der Waals surface area contributed by atoms with E-state index in [0.717, 1.165) is 13.1 Å². The number of hydrogen-bond donors (Lipinski definition) is 1. The molecule has 0 radical (unpaired) electrons. The van der Waals surface area contributed by atoms with Crippen LogP contribution in [-0.2, 0) is 17.3 Å². The van der Waals surface area contributed by atoms with Crippen molar-refractivity contribution in [3.63, 3.8) is 0 Å². The first-order chi connectivity index (χ1) is 7.86. The van der Waals surface area contributed by atoms with Gasteiger partial charge in [0.2, 0.25) is 0 Å². The fourth-order valence-corrected chi connectivity index (χ4v) is 1.67. The third kappa shape index (κ3) is 5.54. The monoisotopic (exact) mass is 239 g/mol. The Balaban J connectivity index is 2.27. The van der Waals surface area contributed by atoms with Gasteiger partial charge in [0.1, 0.15) is 0 Å². The van der Waals surface area contributed by atoms with Gasteiger partial charge in [0.15, 0.2) is 0 Å². The third-order valence-electron chi connectivity index (χ3n) is 2.40. The Hall–Kier alpha value is -0.510. The van der Waals surface area contributed by atoms with E-state index >= 15 is 0 Å². The summed E-state index contributed by atoms with van der Waals surface area (Å²) < 4.78 is 5.27. The summed E-state index contributed by atoms with van der Waals surface area (Å²) in [6.07, 6.45) is 4.43. The predicted molar refractivity (Wildman–Crippen MR) is 71.4 cm³/mol. The van der Waals surface area contributed by atoms with Crippen LogP contribution in [0.3, 0.4) is 0 Å². The van der Waals surface area contributed by atoms with Gasteiger partial charge in [-0.2, -0.15) is 0 Å². The smallest absolute Gasteiger partial charge is 0.0864 e. The molecule has 90 valence electrons. The molecule has 0 fully saturated rings. The van der Waals surface area contributed by atoms with Gasteiger partial charge in [-0.25, -0.2) is 0 Å². The van der Waals surface area contributed by atoms with Crippen molar-refractivity contribution in [1.29, 1.82) is 0 Å². The first-order valence-electron chi connectivity index (χ1n) is 5.81. The van der Waals surface area contributed by atoms with Crippen LogP contribution in [-0.4, -0.2) is 12.8 Å². The maximum absolute atomic E-state index is 5.27. The number of nitrogens with one attached hydrogen (secondary N) is 1. The molecular formula is C13H21NOS. The summed E-state index contributed by atoms with van der Waals surface area (Å²) in [5.74, 6) is 0. The lowest BCUT2D eigenvalue weighted by Gasteiger charge is -2.05. The minimum Gasteiger partial charge on any atom is -0.313 e. The molecule has 0 heterocycles. The highest BCUT2D eigenvalue weighted by molar-refractivity contribution is 7.93. The lowest BCUT2D eigenvalue weighted by Crippen LogP contribution is -2.14. The molecule has 0 aromatic heterocycles. The molecule has 0 saturated carbocycles. The molecular weight excluding hydrogens is 218 g/mol. The van der Waals surface area contributed by atoms with Crippen LogP contribution in [0.15, 0.2) is 24.3 Å². The number of unbranched alkanes of at least 4 members (excludes halogenated alkanes) is 1. The van der Waals surface area contributed by atoms with Gasteiger partial charge < -0.3 is 9.50 Å². The van der Waals surface area contributed by atoms with E-state index in [1.807, 2.05) is 6.26 Å². The summed E-state index contributed by atoms with van der Waals surface area (Å²) in [5, 5.41) is 3.43. The highest BCUT2D eigenvalue weighted by Crippen LogP contribution is 2.08. The largest absolute Gasteiger partial charge is 0.313 e. The Kier molecular flexibility index (Phi) is 7.30.